The number of hydrazone groups is 2. The van der Waals surface area contributed by atoms with Crippen molar-refractivity contribution in [3.05, 3.63) is 29.6 Å². The van der Waals surface area contributed by atoms with Crippen molar-refractivity contribution in [2.24, 2.45) is 26.9 Å². The zero-order valence-corrected chi connectivity index (χ0v) is 24.7. The summed E-state index contributed by atoms with van der Waals surface area (Å²) in [5.74, 6) is 4.84. The van der Waals surface area contributed by atoms with Gasteiger partial charge in [0.25, 0.3) is 0 Å². The van der Waals surface area contributed by atoms with Crippen LogP contribution in [0, 0.1) is 17.8 Å². The number of rotatable bonds is 13. The fourth-order valence-electron chi connectivity index (χ4n) is 3.41. The number of carbonyl (C=O) groups excluding carboxylic acids is 3. The van der Waals surface area contributed by atoms with Gasteiger partial charge in [-0.1, -0.05) is 33.8 Å². The predicted octanol–water partition coefficient (Wildman–Crippen LogP) is 2.64. The molecule has 12 heteroatoms. The van der Waals surface area contributed by atoms with Crippen LogP contribution >= 0.6 is 0 Å². The zero-order chi connectivity index (χ0) is 29.9. The number of nitrogens with two attached hydrogens (primary N) is 1. The molecule has 2 amide bonds. The summed E-state index contributed by atoms with van der Waals surface area (Å²) in [6.07, 6.45) is 1.05. The van der Waals surface area contributed by atoms with E-state index in [2.05, 4.69) is 36.0 Å². The number of hydrogen-bond acceptors (Lipinski definition) is 10. The number of alkyl carbamates (subject to hydrolysis) is 1. The van der Waals surface area contributed by atoms with Gasteiger partial charge < -0.3 is 31.4 Å². The average Bonchev–Trinajstić information content (AvgIpc) is 2.82. The number of amides is 2. The Labute approximate surface area is 231 Å². The quantitative estimate of drug-likeness (QED) is 0.0960. The summed E-state index contributed by atoms with van der Waals surface area (Å²) < 4.78 is 9.87. The minimum Gasteiger partial charge on any atom is -0.469 e. The third-order valence-electron chi connectivity index (χ3n) is 6.35. The molecule has 0 bridgehead atoms. The summed E-state index contributed by atoms with van der Waals surface area (Å²) in [7, 11) is 1.26. The number of aromatic nitrogens is 1. The molecule has 0 unspecified atom stereocenters. The number of nitrogens with one attached hydrogen (secondary N) is 3. The molecular weight excluding hydrogens is 502 g/mol. The summed E-state index contributed by atoms with van der Waals surface area (Å²) >= 11 is 0. The van der Waals surface area contributed by atoms with E-state index in [9.17, 15) is 14.4 Å². The van der Waals surface area contributed by atoms with Crippen molar-refractivity contribution < 1.29 is 23.9 Å². The first kappa shape index (κ1) is 33.3. The highest BCUT2D eigenvalue weighted by Gasteiger charge is 2.41. The number of pyridine rings is 1. The minimum atomic E-state index is -0.966. The van der Waals surface area contributed by atoms with Crippen LogP contribution in [0.4, 0.5) is 4.79 Å². The van der Waals surface area contributed by atoms with Crippen LogP contribution in [0.15, 0.2) is 28.4 Å². The normalized spacial score (nSPS) is 13.5. The molecule has 12 nitrogen and oxygen atoms in total. The third-order valence-corrected chi connectivity index (χ3v) is 6.35. The van der Waals surface area contributed by atoms with Crippen LogP contribution in [0.1, 0.15) is 72.7 Å². The Morgan fingerprint density at radius 3 is 2.33 bits per heavy atom. The lowest BCUT2D eigenvalue weighted by molar-refractivity contribution is -0.141. The van der Waals surface area contributed by atoms with Crippen LogP contribution in [-0.4, -0.2) is 66.7 Å². The Morgan fingerprint density at radius 2 is 1.77 bits per heavy atom. The Hall–Kier alpha value is -3.70. The van der Waals surface area contributed by atoms with Gasteiger partial charge in [-0.2, -0.15) is 10.2 Å². The topological polar surface area (TPSA) is 169 Å². The highest BCUT2D eigenvalue weighted by atomic mass is 16.6. The van der Waals surface area contributed by atoms with Crippen molar-refractivity contribution >= 4 is 29.9 Å². The number of hydrogen-bond donors (Lipinski definition) is 4. The smallest absolute Gasteiger partial charge is 0.408 e. The van der Waals surface area contributed by atoms with Crippen molar-refractivity contribution in [2.45, 2.75) is 79.9 Å². The molecule has 1 rings (SSSR count). The van der Waals surface area contributed by atoms with Crippen LogP contribution in [-0.2, 0) is 19.1 Å². The maximum atomic E-state index is 12.7. The van der Waals surface area contributed by atoms with Gasteiger partial charge >= 0.3 is 12.1 Å². The van der Waals surface area contributed by atoms with Gasteiger partial charge in [-0.25, -0.2) is 4.79 Å². The van der Waals surface area contributed by atoms with Crippen LogP contribution < -0.4 is 21.9 Å². The second-order valence-corrected chi connectivity index (χ2v) is 11.3. The van der Waals surface area contributed by atoms with E-state index in [-0.39, 0.29) is 19.4 Å². The highest BCUT2D eigenvalue weighted by Crippen LogP contribution is 2.39. The molecule has 5 N–H and O–H groups in total. The summed E-state index contributed by atoms with van der Waals surface area (Å²) in [4.78, 5) is 41.0. The molecule has 0 aliphatic carbocycles. The Bertz CT molecular complexity index is 1050. The van der Waals surface area contributed by atoms with Crippen LogP contribution in [0.2, 0.25) is 0 Å². The van der Waals surface area contributed by atoms with Crippen LogP contribution in [0.5, 0.6) is 0 Å². The monoisotopic (exact) mass is 547 g/mol. The molecule has 39 heavy (non-hydrogen) atoms. The second-order valence-electron chi connectivity index (χ2n) is 11.3. The van der Waals surface area contributed by atoms with Gasteiger partial charge in [0.1, 0.15) is 11.6 Å². The van der Waals surface area contributed by atoms with Crippen LogP contribution in [0.3, 0.4) is 0 Å². The standard InChI is InChI=1S/C27H45N7O5/c1-18-11-10-12-19(32-18)22(34-28)27(7,8)26(5,6)17-31-30-16-15-29-23(36)20(13-14-21(35)38-9)33-24(37)39-25(2,3)4/h10-12,17,20,30H,13-16,28H2,1-9H3,(H,29,36)(H,33,37)/b31-17-,34-22-/t20-/m0/s1. The molecule has 0 spiro atoms. The molecule has 0 saturated carbocycles. The van der Waals surface area contributed by atoms with E-state index >= 15 is 0 Å². The first-order valence-electron chi connectivity index (χ1n) is 12.9. The molecule has 1 aromatic heterocycles. The number of carbonyl (C=O) groups is 3. The van der Waals surface area contributed by atoms with Gasteiger partial charge in [-0.05, 0) is 46.2 Å². The SMILES string of the molecule is COC(=O)CC[C@H](NC(=O)OC(C)(C)C)C(=O)NCCN/N=C\C(C)(C)C(C)(C)/C(=N\N)c1cccc(C)n1. The molecule has 1 aromatic rings. The summed E-state index contributed by atoms with van der Waals surface area (Å²) in [6.45, 7) is 15.7. The van der Waals surface area contributed by atoms with Crippen molar-refractivity contribution in [1.82, 2.24) is 21.0 Å². The van der Waals surface area contributed by atoms with Gasteiger partial charge in [-0.3, -0.25) is 14.6 Å². The van der Waals surface area contributed by atoms with E-state index < -0.39 is 40.4 Å². The number of aryl methyl sites for hydroxylation is 1. The zero-order valence-electron chi connectivity index (χ0n) is 24.7. The molecule has 0 radical (unpaired) electrons. The number of esters is 1. The minimum absolute atomic E-state index is 0.0377. The van der Waals surface area contributed by atoms with Crippen molar-refractivity contribution in [3.63, 3.8) is 0 Å². The van der Waals surface area contributed by atoms with Crippen molar-refractivity contribution in [2.75, 3.05) is 20.2 Å². The fraction of sp³-hybridized carbons (Fsp3) is 0.630. The number of methoxy groups -OCH3 is 1. The summed E-state index contributed by atoms with van der Waals surface area (Å²) in [5, 5.41) is 13.7. The van der Waals surface area contributed by atoms with E-state index in [1.54, 1.807) is 27.0 Å². The van der Waals surface area contributed by atoms with Gasteiger partial charge in [0.15, 0.2) is 0 Å². The first-order chi connectivity index (χ1) is 18.0. The van der Waals surface area contributed by atoms with Crippen molar-refractivity contribution in [3.8, 4) is 0 Å². The lowest BCUT2D eigenvalue weighted by Gasteiger charge is -2.39. The van der Waals surface area contributed by atoms with Gasteiger partial charge in [0.05, 0.1) is 25.1 Å². The summed E-state index contributed by atoms with van der Waals surface area (Å²) in [5.41, 5.74) is 3.45. The second kappa shape index (κ2) is 14.5. The molecule has 1 atom stereocenters. The van der Waals surface area contributed by atoms with E-state index in [4.69, 9.17) is 10.6 Å². The number of nitrogens with zero attached hydrogens (tertiary/aromatic N) is 3. The van der Waals surface area contributed by atoms with Crippen LogP contribution in [0.25, 0.3) is 0 Å². The fourth-order valence-corrected chi connectivity index (χ4v) is 3.41. The first-order valence-corrected chi connectivity index (χ1v) is 12.9. The maximum absolute atomic E-state index is 12.7. The van der Waals surface area contributed by atoms with E-state index in [0.717, 1.165) is 5.69 Å². The van der Waals surface area contributed by atoms with E-state index in [1.165, 1.54) is 7.11 Å². The predicted molar refractivity (Wildman–Crippen MR) is 151 cm³/mol. The largest absolute Gasteiger partial charge is 0.469 e. The maximum Gasteiger partial charge on any atom is 0.408 e. The molecule has 0 saturated heterocycles. The van der Waals surface area contributed by atoms with Gasteiger partial charge in [0.2, 0.25) is 5.91 Å². The van der Waals surface area contributed by atoms with Crippen molar-refractivity contribution in [1.29, 1.82) is 0 Å². The lowest BCUT2D eigenvalue weighted by Crippen LogP contribution is -2.49. The third kappa shape index (κ3) is 10.9. The molecule has 0 aromatic carbocycles. The van der Waals surface area contributed by atoms with Gasteiger partial charge in [0, 0.05) is 35.7 Å². The Morgan fingerprint density at radius 1 is 1.10 bits per heavy atom. The summed E-state index contributed by atoms with van der Waals surface area (Å²) in [6, 6.07) is 4.74. The molecule has 0 aliphatic heterocycles. The lowest BCUT2D eigenvalue weighted by atomic mass is 9.65. The van der Waals surface area contributed by atoms with E-state index in [1.807, 2.05) is 52.8 Å². The highest BCUT2D eigenvalue weighted by molar-refractivity contribution is 6.04. The van der Waals surface area contributed by atoms with Gasteiger partial charge in [-0.15, -0.1) is 0 Å². The average molecular weight is 548 g/mol. The number of ether oxygens (including phenoxy) is 2. The molecule has 1 heterocycles. The molecular formula is C27H45N7O5. The van der Waals surface area contributed by atoms with E-state index in [0.29, 0.717) is 18.0 Å². The molecule has 0 fully saturated rings. The molecule has 218 valence electrons. The Kier molecular flexibility index (Phi) is 12.4. The Balaban J connectivity index is 2.73. The molecule has 0 aliphatic rings.